The fourth-order valence-corrected chi connectivity index (χ4v) is 12.9. The molecular weight excluding hydrogens is 1010 g/mol. The highest BCUT2D eigenvalue weighted by Crippen LogP contribution is 2.41. The summed E-state index contributed by atoms with van der Waals surface area (Å²) >= 11 is 1.52. The first kappa shape index (κ1) is 52.7. The van der Waals surface area contributed by atoms with Crippen LogP contribution in [0.2, 0.25) is 0 Å². The molecule has 0 radical (unpaired) electrons. The number of aliphatic hydroxyl groups is 1. The Morgan fingerprint density at radius 2 is 1.68 bits per heavy atom. The number of hydrogen-bond acceptors (Lipinski definition) is 18. The van der Waals surface area contributed by atoms with Crippen molar-refractivity contribution in [3.05, 3.63) is 95.6 Å². The Morgan fingerprint density at radius 3 is 2.40 bits per heavy atom. The number of fused-ring (bicyclic) bond motifs is 2. The summed E-state index contributed by atoms with van der Waals surface area (Å²) in [4.78, 5) is 64.3. The van der Waals surface area contributed by atoms with Crippen molar-refractivity contribution in [1.82, 2.24) is 45.4 Å². The van der Waals surface area contributed by atoms with Crippen molar-refractivity contribution in [2.45, 2.75) is 121 Å². The smallest absolute Gasteiger partial charge is 0.254 e. The average molecular weight is 1080 g/mol. The topological polar surface area (TPSA) is 252 Å². The Bertz CT molecular complexity index is 3090. The molecule has 5 aromatic heterocycles. The monoisotopic (exact) mass is 1080 g/mol. The summed E-state index contributed by atoms with van der Waals surface area (Å²) in [5.74, 6) is 0.589. The number of carbonyl (C=O) groups excluding carboxylic acids is 3. The van der Waals surface area contributed by atoms with Crippen LogP contribution in [0.3, 0.4) is 0 Å². The minimum atomic E-state index is -0.862. The van der Waals surface area contributed by atoms with Crippen LogP contribution < -0.4 is 30.3 Å². The Labute approximate surface area is 457 Å². The minimum Gasteiger partial charge on any atom is -0.507 e. The maximum absolute atomic E-state index is 14.3. The van der Waals surface area contributed by atoms with Crippen LogP contribution in [0.5, 0.6) is 17.5 Å². The second-order valence-electron chi connectivity index (χ2n) is 22.0. The molecule has 78 heavy (non-hydrogen) atoms. The number of nitrogens with zero attached hydrogens (tertiary/aromatic N) is 10. The minimum absolute atomic E-state index is 0.0293. The van der Waals surface area contributed by atoms with Crippen LogP contribution >= 0.6 is 11.3 Å². The number of hydrogen-bond donors (Lipinski definition) is 4. The number of aromatic nitrogens is 6. The number of anilines is 3. The lowest BCUT2D eigenvalue weighted by atomic mass is 9.80. The molecule has 6 atom stereocenters. The van der Waals surface area contributed by atoms with Gasteiger partial charge in [0.2, 0.25) is 23.6 Å². The number of phenols is 1. The van der Waals surface area contributed by atoms with Gasteiger partial charge in [-0.15, -0.1) is 21.5 Å². The number of β-amino-alcohol motifs (C(OH)–C–C–N with tert-alkyl or cyclic N) is 1. The molecule has 21 heteroatoms. The lowest BCUT2D eigenvalue weighted by Crippen LogP contribution is -2.54. The number of carbonyl (C=O) groups is 3. The van der Waals surface area contributed by atoms with Crippen LogP contribution in [0.15, 0.2) is 83.1 Å². The van der Waals surface area contributed by atoms with Crippen LogP contribution in [0.25, 0.3) is 21.8 Å². The van der Waals surface area contributed by atoms with Gasteiger partial charge in [0, 0.05) is 92.9 Å². The molecule has 1 aromatic carbocycles. The lowest BCUT2D eigenvalue weighted by molar-refractivity contribution is -0.143. The van der Waals surface area contributed by atoms with E-state index in [0.29, 0.717) is 67.2 Å². The summed E-state index contributed by atoms with van der Waals surface area (Å²) in [6.07, 6.45) is 8.68. The number of amides is 3. The highest BCUT2D eigenvalue weighted by atomic mass is 32.1. The molecule has 5 N–H and O–H groups in total. The summed E-state index contributed by atoms with van der Waals surface area (Å²) in [6, 6.07) is 17.9. The highest BCUT2D eigenvalue weighted by molar-refractivity contribution is 7.13. The van der Waals surface area contributed by atoms with E-state index >= 15 is 0 Å². The van der Waals surface area contributed by atoms with Crippen LogP contribution in [-0.2, 0) is 14.4 Å². The Balaban J connectivity index is 0.610. The fraction of sp³-hybridized carbons (Fsp3) is 0.491. The van der Waals surface area contributed by atoms with Gasteiger partial charge < -0.3 is 54.9 Å². The number of thiazole rings is 1. The second-order valence-corrected chi connectivity index (χ2v) is 22.9. The van der Waals surface area contributed by atoms with Crippen molar-refractivity contribution in [1.29, 1.82) is 0 Å². The van der Waals surface area contributed by atoms with Crippen molar-refractivity contribution < 1.29 is 38.6 Å². The van der Waals surface area contributed by atoms with E-state index in [-0.39, 0.29) is 78.4 Å². The molecule has 20 nitrogen and oxygen atoms in total. The Morgan fingerprint density at radius 1 is 0.897 bits per heavy atom. The molecule has 4 aliphatic heterocycles. The van der Waals surface area contributed by atoms with Gasteiger partial charge >= 0.3 is 0 Å². The molecule has 3 amide bonds. The number of likely N-dealkylation sites (tertiary alicyclic amines) is 2. The van der Waals surface area contributed by atoms with E-state index in [1.807, 2.05) is 75.1 Å². The molecule has 11 rings (SSSR count). The average Bonchev–Trinajstić information content (AvgIpc) is 4.29. The maximum Gasteiger partial charge on any atom is 0.254 e. The molecule has 0 spiro atoms. The van der Waals surface area contributed by atoms with E-state index in [2.05, 4.69) is 45.4 Å². The molecule has 1 saturated carbocycles. The molecule has 5 fully saturated rings. The lowest BCUT2D eigenvalue weighted by Gasteiger charge is -2.43. The number of piperazine rings is 1. The maximum atomic E-state index is 14.3. The van der Waals surface area contributed by atoms with Gasteiger partial charge in [0.25, 0.3) is 5.88 Å². The van der Waals surface area contributed by atoms with Gasteiger partial charge in [-0.3, -0.25) is 19.4 Å². The number of piperidine rings is 1. The summed E-state index contributed by atoms with van der Waals surface area (Å²) in [5.41, 5.74) is 13.8. The van der Waals surface area contributed by atoms with Crippen LogP contribution in [0.4, 0.5) is 17.2 Å². The fourth-order valence-electron chi connectivity index (χ4n) is 12.1. The van der Waals surface area contributed by atoms with Gasteiger partial charge in [-0.05, 0) is 112 Å². The number of aromatic hydroxyl groups is 1. The van der Waals surface area contributed by atoms with Crippen molar-refractivity contribution in [2.75, 3.05) is 54.9 Å². The van der Waals surface area contributed by atoms with Gasteiger partial charge in [-0.25, -0.2) is 9.97 Å². The van der Waals surface area contributed by atoms with E-state index in [9.17, 15) is 24.6 Å². The molecule has 1 aliphatic carbocycles. The van der Waals surface area contributed by atoms with Gasteiger partial charge in [0.15, 0.2) is 11.6 Å². The van der Waals surface area contributed by atoms with Gasteiger partial charge in [-0.2, -0.15) is 0 Å². The van der Waals surface area contributed by atoms with E-state index < -0.39 is 18.1 Å². The van der Waals surface area contributed by atoms with Crippen LogP contribution in [-0.4, -0.2) is 138 Å². The van der Waals surface area contributed by atoms with Gasteiger partial charge in [0.05, 0.1) is 51.9 Å². The second kappa shape index (κ2) is 22.5. The molecular formula is C57H68N12O8S. The molecule has 5 aliphatic rings. The number of nitrogen functional groups attached to an aromatic ring is 1. The van der Waals surface area contributed by atoms with Gasteiger partial charge in [-0.1, -0.05) is 32.0 Å². The zero-order valence-corrected chi connectivity index (χ0v) is 45.3. The molecule has 2 unspecified atom stereocenters. The van der Waals surface area contributed by atoms with Crippen LogP contribution in [0, 0.1) is 24.7 Å². The summed E-state index contributed by atoms with van der Waals surface area (Å²) in [7, 11) is 0. The standard InChI is InChI=1S/C57H68N12O8S/c1-32(2)52(57(74)68-30-41(70)24-47(68)55(72)62-33(3)36-9-12-44(60-27-36)53-34(4)61-31-78-53)49-26-51(65-77-49)75-20-16-35-14-18-66(19-15-35)56(73)37-21-42(22-37)76-50-23-38(13-17-59-50)69-39-10-11-40(69)29-67(28-39)46-25-45(63-64-54(46)58)43-7-5-6-8-48(43)71/h5-9,12-13,17,23,25-27,31-33,35,37,39-42,47,52,70-71H,10-11,14-16,18-22,24,28-30H2,1-4H3,(H2,58,64)(H,62,72)/t33-,37-,39?,40?,41+,42-,47-,52+/m0/s1. The predicted octanol–water partition coefficient (Wildman–Crippen LogP) is 6.94. The number of para-hydroxylation sites is 1. The SMILES string of the molecule is Cc1ncsc1-c1ccc([C@H](C)NC(=O)[C@@H]2C[C@@H](O)CN2C(=O)[C@@H](c2cc(OCCC3CCN(C(=O)[C@H]4C[C@H](Oc5cc(N6C7CCC6CN(c6cc(-c8ccccc8O)nnc6N)C7)ccn5)C4)CC3)no2)C(C)C)cn1. The molecule has 6 aromatic rings. The Hall–Kier alpha value is -7.39. The quantitative estimate of drug-likeness (QED) is 0.0722. The predicted molar refractivity (Wildman–Crippen MR) is 293 cm³/mol. The number of ether oxygens (including phenoxy) is 2. The van der Waals surface area contributed by atoms with Crippen molar-refractivity contribution in [3.8, 4) is 39.3 Å². The van der Waals surface area contributed by atoms with Crippen molar-refractivity contribution in [3.63, 3.8) is 0 Å². The number of benzene rings is 1. The molecule has 4 saturated heterocycles. The normalized spacial score (nSPS) is 23.1. The van der Waals surface area contributed by atoms with Crippen molar-refractivity contribution in [2.24, 2.45) is 17.8 Å². The zero-order chi connectivity index (χ0) is 54.2. The molecule has 2 bridgehead atoms. The van der Waals surface area contributed by atoms with Gasteiger partial charge in [0.1, 0.15) is 23.8 Å². The van der Waals surface area contributed by atoms with Crippen molar-refractivity contribution >= 4 is 46.3 Å². The summed E-state index contributed by atoms with van der Waals surface area (Å²) in [5, 5.41) is 36.9. The number of nitrogens with one attached hydrogen (secondary N) is 1. The number of phenolic OH excluding ortho intramolecular Hbond substituents is 1. The first-order valence-corrected chi connectivity index (χ1v) is 28.2. The summed E-state index contributed by atoms with van der Waals surface area (Å²) < 4.78 is 18.2. The largest absolute Gasteiger partial charge is 0.507 e. The van der Waals surface area contributed by atoms with E-state index in [4.69, 9.17) is 19.7 Å². The number of aliphatic hydroxyl groups excluding tert-OH is 1. The summed E-state index contributed by atoms with van der Waals surface area (Å²) in [6.45, 7) is 11.0. The first-order chi connectivity index (χ1) is 37.7. The third-order valence-corrected chi connectivity index (χ3v) is 17.4. The zero-order valence-electron chi connectivity index (χ0n) is 44.5. The van der Waals surface area contributed by atoms with Crippen LogP contribution in [0.1, 0.15) is 101 Å². The third-order valence-electron chi connectivity index (χ3n) is 16.5. The number of aryl methyl sites for hydroxylation is 1. The molecule has 410 valence electrons. The first-order valence-electron chi connectivity index (χ1n) is 27.4. The number of nitrogens with two attached hydrogens (primary N) is 1. The Kier molecular flexibility index (Phi) is 15.2. The van der Waals surface area contributed by atoms with E-state index in [0.717, 1.165) is 78.4 Å². The number of pyridine rings is 2. The molecule has 9 heterocycles. The third kappa shape index (κ3) is 11.0. The highest BCUT2D eigenvalue weighted by Gasteiger charge is 2.45. The van der Waals surface area contributed by atoms with E-state index in [1.165, 1.54) is 16.2 Å². The van der Waals surface area contributed by atoms with E-state index in [1.54, 1.807) is 36.1 Å². The number of rotatable bonds is 17.